The van der Waals surface area contributed by atoms with Crippen molar-refractivity contribution in [3.05, 3.63) is 65.5 Å². The molecule has 0 bridgehead atoms. The zero-order valence-electron chi connectivity index (χ0n) is 22.4. The molecule has 0 spiro atoms. The van der Waals surface area contributed by atoms with E-state index in [4.69, 9.17) is 14.2 Å². The number of halogens is 1. The smallest absolute Gasteiger partial charge is 0.410 e. The largest absolute Gasteiger partial charge is 0.490 e. The zero-order valence-corrected chi connectivity index (χ0v) is 22.4. The van der Waals surface area contributed by atoms with Crippen molar-refractivity contribution in [3.63, 3.8) is 0 Å². The van der Waals surface area contributed by atoms with E-state index in [1.807, 2.05) is 76.2 Å². The first-order chi connectivity index (χ1) is 17.5. The summed E-state index contributed by atoms with van der Waals surface area (Å²) < 4.78 is 31.4. The molecule has 0 N–H and O–H groups in total. The molecule has 0 saturated carbocycles. The quantitative estimate of drug-likeness (QED) is 0.497. The van der Waals surface area contributed by atoms with Gasteiger partial charge in [-0.1, -0.05) is 36.4 Å². The minimum absolute atomic E-state index is 0.154. The normalized spacial score (nSPS) is 16.0. The molecule has 0 aliphatic carbocycles. The van der Waals surface area contributed by atoms with E-state index in [1.165, 1.54) is 6.07 Å². The molecule has 37 heavy (non-hydrogen) atoms. The molecule has 0 unspecified atom stereocenters. The Morgan fingerprint density at radius 2 is 1.76 bits per heavy atom. The first-order valence-corrected chi connectivity index (χ1v) is 12.5. The summed E-state index contributed by atoms with van der Waals surface area (Å²) in [4.78, 5) is 30.8. The van der Waals surface area contributed by atoms with Crippen LogP contribution in [0.3, 0.4) is 0 Å². The number of carbonyl (C=O) groups is 2. The molecular weight excluding hydrogens is 477 g/mol. The minimum atomic E-state index is -0.651. The van der Waals surface area contributed by atoms with Gasteiger partial charge >= 0.3 is 12.2 Å². The summed E-state index contributed by atoms with van der Waals surface area (Å²) in [7, 11) is 3.84. The van der Waals surface area contributed by atoms with Gasteiger partial charge in [0.25, 0.3) is 0 Å². The molecule has 0 radical (unpaired) electrons. The molecule has 1 aliphatic rings. The Morgan fingerprint density at radius 1 is 1.03 bits per heavy atom. The van der Waals surface area contributed by atoms with Crippen LogP contribution in [0.4, 0.5) is 14.0 Å². The predicted octanol–water partition coefficient (Wildman–Crippen LogP) is 4.91. The summed E-state index contributed by atoms with van der Waals surface area (Å²) in [5.74, 6) is -0.278. The highest BCUT2D eigenvalue weighted by molar-refractivity contribution is 5.71. The number of rotatable bonds is 8. The number of ether oxygens (including phenoxy) is 3. The van der Waals surface area contributed by atoms with Gasteiger partial charge in [0.05, 0.1) is 12.6 Å². The Bertz CT molecular complexity index is 1040. The predicted molar refractivity (Wildman–Crippen MR) is 139 cm³/mol. The van der Waals surface area contributed by atoms with E-state index >= 15 is 0 Å². The first-order valence-electron chi connectivity index (χ1n) is 12.5. The van der Waals surface area contributed by atoms with Crippen LogP contribution in [0.15, 0.2) is 48.5 Å². The highest BCUT2D eigenvalue weighted by Gasteiger charge is 2.35. The average molecular weight is 516 g/mol. The number of hydrogen-bond acceptors (Lipinski definition) is 6. The second kappa shape index (κ2) is 12.8. The van der Waals surface area contributed by atoms with Crippen LogP contribution in [-0.2, 0) is 22.6 Å². The van der Waals surface area contributed by atoms with Crippen LogP contribution in [0.1, 0.15) is 38.3 Å². The molecule has 9 heteroatoms. The molecule has 2 aromatic rings. The number of piperazine rings is 1. The summed E-state index contributed by atoms with van der Waals surface area (Å²) in [6, 6.07) is 14.0. The molecule has 8 nitrogen and oxygen atoms in total. The van der Waals surface area contributed by atoms with E-state index in [1.54, 1.807) is 15.9 Å². The Morgan fingerprint density at radius 3 is 2.41 bits per heavy atom. The summed E-state index contributed by atoms with van der Waals surface area (Å²) in [6.45, 7) is 7.28. The SMILES string of the molecule is CN(C)Cc1ccc(OCC[C@@H]2CN(C(=O)OCc3ccccc3)CCN2C(=O)OC(C)(C)C)c(F)c1. The van der Waals surface area contributed by atoms with Crippen LogP contribution in [0.5, 0.6) is 5.75 Å². The van der Waals surface area contributed by atoms with E-state index in [0.29, 0.717) is 26.1 Å². The van der Waals surface area contributed by atoms with Crippen molar-refractivity contribution in [2.75, 3.05) is 40.3 Å². The van der Waals surface area contributed by atoms with Crippen LogP contribution in [0, 0.1) is 5.82 Å². The van der Waals surface area contributed by atoms with Crippen LogP contribution >= 0.6 is 0 Å². The standard InChI is InChI=1S/C28H38FN3O5/c1-28(2,3)37-27(34)32-15-14-31(26(33)36-20-21-9-7-6-8-10-21)19-23(32)13-16-35-25-12-11-22(17-24(25)29)18-30(4)5/h6-12,17,23H,13-16,18-20H2,1-5H3/t23-/m1/s1. The molecule has 1 fully saturated rings. The lowest BCUT2D eigenvalue weighted by Gasteiger charge is -2.41. The molecule has 1 saturated heterocycles. The van der Waals surface area contributed by atoms with E-state index in [0.717, 1.165) is 11.1 Å². The summed E-state index contributed by atoms with van der Waals surface area (Å²) in [5.41, 5.74) is 1.09. The molecule has 202 valence electrons. The highest BCUT2D eigenvalue weighted by atomic mass is 19.1. The molecule has 1 aliphatic heterocycles. The van der Waals surface area contributed by atoms with Gasteiger partial charge in [0, 0.05) is 32.6 Å². The van der Waals surface area contributed by atoms with Crippen molar-refractivity contribution < 1.29 is 28.2 Å². The van der Waals surface area contributed by atoms with Gasteiger partial charge in [-0.2, -0.15) is 0 Å². The second-order valence-corrected chi connectivity index (χ2v) is 10.5. The van der Waals surface area contributed by atoms with Gasteiger partial charge < -0.3 is 28.9 Å². The van der Waals surface area contributed by atoms with Crippen molar-refractivity contribution in [3.8, 4) is 5.75 Å². The fraction of sp³-hybridized carbons (Fsp3) is 0.500. The number of nitrogens with zero attached hydrogens (tertiary/aromatic N) is 3. The second-order valence-electron chi connectivity index (χ2n) is 10.5. The third-order valence-corrected chi connectivity index (χ3v) is 5.78. The van der Waals surface area contributed by atoms with Crippen LogP contribution < -0.4 is 4.74 Å². The lowest BCUT2D eigenvalue weighted by molar-refractivity contribution is -0.00620. The van der Waals surface area contributed by atoms with Crippen LogP contribution in [-0.4, -0.2) is 78.9 Å². The maximum Gasteiger partial charge on any atom is 0.410 e. The maximum atomic E-state index is 14.6. The monoisotopic (exact) mass is 515 g/mol. The maximum absolute atomic E-state index is 14.6. The van der Waals surface area contributed by atoms with Crippen molar-refractivity contribution in [1.29, 1.82) is 0 Å². The van der Waals surface area contributed by atoms with Gasteiger partial charge in [-0.15, -0.1) is 0 Å². The lowest BCUT2D eigenvalue weighted by Crippen LogP contribution is -2.57. The highest BCUT2D eigenvalue weighted by Crippen LogP contribution is 2.22. The number of hydrogen-bond donors (Lipinski definition) is 0. The fourth-order valence-electron chi connectivity index (χ4n) is 4.07. The Kier molecular flexibility index (Phi) is 9.74. The van der Waals surface area contributed by atoms with Gasteiger partial charge in [-0.05, 0) is 58.1 Å². The minimum Gasteiger partial charge on any atom is -0.490 e. The number of amides is 2. The van der Waals surface area contributed by atoms with E-state index in [2.05, 4.69) is 0 Å². The van der Waals surface area contributed by atoms with Gasteiger partial charge in [-0.25, -0.2) is 14.0 Å². The molecule has 0 aromatic heterocycles. The first kappa shape index (κ1) is 28.2. The van der Waals surface area contributed by atoms with Crippen molar-refractivity contribution >= 4 is 12.2 Å². The topological polar surface area (TPSA) is 71.6 Å². The number of benzene rings is 2. The number of carbonyl (C=O) groups excluding carboxylic acids is 2. The molecule has 2 amide bonds. The lowest BCUT2D eigenvalue weighted by atomic mass is 10.1. The third kappa shape index (κ3) is 8.93. The average Bonchev–Trinajstić information content (AvgIpc) is 2.83. The van der Waals surface area contributed by atoms with E-state index in [-0.39, 0.29) is 31.5 Å². The Labute approximate surface area is 218 Å². The van der Waals surface area contributed by atoms with Crippen molar-refractivity contribution in [2.24, 2.45) is 0 Å². The Balaban J connectivity index is 1.62. The molecule has 1 atom stereocenters. The Hall–Kier alpha value is -3.33. The zero-order chi connectivity index (χ0) is 27.0. The van der Waals surface area contributed by atoms with Gasteiger partial charge in [0.15, 0.2) is 11.6 Å². The van der Waals surface area contributed by atoms with Crippen molar-refractivity contribution in [1.82, 2.24) is 14.7 Å². The molecule has 1 heterocycles. The fourth-order valence-corrected chi connectivity index (χ4v) is 4.07. The van der Waals surface area contributed by atoms with Gasteiger partial charge in [0.1, 0.15) is 12.2 Å². The van der Waals surface area contributed by atoms with E-state index in [9.17, 15) is 14.0 Å². The summed E-state index contributed by atoms with van der Waals surface area (Å²) in [5, 5.41) is 0. The third-order valence-electron chi connectivity index (χ3n) is 5.78. The molecular formula is C28H38FN3O5. The van der Waals surface area contributed by atoms with Crippen LogP contribution in [0.25, 0.3) is 0 Å². The molecule has 2 aromatic carbocycles. The molecule has 3 rings (SSSR count). The van der Waals surface area contributed by atoms with Crippen LogP contribution in [0.2, 0.25) is 0 Å². The van der Waals surface area contributed by atoms with Gasteiger partial charge in [-0.3, -0.25) is 0 Å². The van der Waals surface area contributed by atoms with Crippen molar-refractivity contribution in [2.45, 2.75) is 52.0 Å². The summed E-state index contributed by atoms with van der Waals surface area (Å²) >= 11 is 0. The summed E-state index contributed by atoms with van der Waals surface area (Å²) in [6.07, 6.45) is -0.504. The van der Waals surface area contributed by atoms with Gasteiger partial charge in [0.2, 0.25) is 0 Å². The van der Waals surface area contributed by atoms with E-state index < -0.39 is 23.6 Å².